The van der Waals surface area contributed by atoms with Gasteiger partial charge in [-0.05, 0) is 40.6 Å². The first-order valence-electron chi connectivity index (χ1n) is 6.84. The second kappa shape index (κ2) is 5.05. The summed E-state index contributed by atoms with van der Waals surface area (Å²) in [4.78, 5) is 11.7. The van der Waals surface area contributed by atoms with Crippen LogP contribution in [0.2, 0.25) is 0 Å². The van der Waals surface area contributed by atoms with E-state index < -0.39 is 11.6 Å². The minimum atomic E-state index is -2.27. The molecule has 3 aromatic carbocycles. The van der Waals surface area contributed by atoms with Crippen LogP contribution in [0.25, 0.3) is 21.5 Å². The summed E-state index contributed by atoms with van der Waals surface area (Å²) in [5, 5.41) is 2.79. The molecule has 0 saturated heterocycles. The van der Waals surface area contributed by atoms with Gasteiger partial charge in [0.2, 0.25) is 5.67 Å². The van der Waals surface area contributed by atoms with Crippen molar-refractivity contribution in [2.75, 3.05) is 7.11 Å². The van der Waals surface area contributed by atoms with Gasteiger partial charge in [-0.2, -0.15) is 0 Å². The highest BCUT2D eigenvalue weighted by Gasteiger charge is 2.37. The first kappa shape index (κ1) is 14.4. The Bertz CT molecular complexity index is 885. The van der Waals surface area contributed by atoms with Crippen molar-refractivity contribution in [2.45, 2.75) is 12.6 Å². The lowest BCUT2D eigenvalue weighted by molar-refractivity contribution is -0.154. The number of carbonyl (C=O) groups excluding carboxylic acids is 1. The summed E-state index contributed by atoms with van der Waals surface area (Å²) in [6.07, 6.45) is 0. The zero-order valence-electron chi connectivity index (χ0n) is 12.2. The Labute approximate surface area is 126 Å². The predicted molar refractivity (Wildman–Crippen MR) is 81.9 cm³/mol. The van der Waals surface area contributed by atoms with Gasteiger partial charge < -0.3 is 4.74 Å². The molecule has 0 aliphatic carbocycles. The van der Waals surface area contributed by atoms with E-state index in [0.717, 1.165) is 12.5 Å². The Hall–Kier alpha value is -2.49. The van der Waals surface area contributed by atoms with Crippen molar-refractivity contribution >= 4 is 27.5 Å². The van der Waals surface area contributed by atoms with Gasteiger partial charge in [0.15, 0.2) is 0 Å². The number of carbonyl (C=O) groups is 1. The van der Waals surface area contributed by atoms with Gasteiger partial charge in [-0.1, -0.05) is 36.4 Å². The summed E-state index contributed by atoms with van der Waals surface area (Å²) in [5.74, 6) is -1.32. The second-order valence-electron chi connectivity index (χ2n) is 5.33. The molecule has 0 amide bonds. The molecular formula is C18H14F2O2. The molecule has 0 heterocycles. The number of methoxy groups -OCH3 is 1. The fraction of sp³-hybridized carbons (Fsp3) is 0.167. The van der Waals surface area contributed by atoms with Crippen LogP contribution in [0.5, 0.6) is 0 Å². The van der Waals surface area contributed by atoms with Crippen LogP contribution < -0.4 is 0 Å². The van der Waals surface area contributed by atoms with Crippen LogP contribution >= 0.6 is 0 Å². The smallest absolute Gasteiger partial charge is 0.348 e. The third kappa shape index (κ3) is 2.11. The number of esters is 1. The summed E-state index contributed by atoms with van der Waals surface area (Å²) < 4.78 is 33.0. The summed E-state index contributed by atoms with van der Waals surface area (Å²) in [7, 11) is 1.15. The summed E-state index contributed by atoms with van der Waals surface area (Å²) in [5.41, 5.74) is -2.06. The molecule has 0 saturated carbocycles. The third-order valence-corrected chi connectivity index (χ3v) is 3.92. The maximum atomic E-state index is 14.9. The molecule has 1 atom stereocenters. The van der Waals surface area contributed by atoms with E-state index in [-0.39, 0.29) is 11.4 Å². The molecule has 0 aromatic heterocycles. The van der Waals surface area contributed by atoms with Crippen molar-refractivity contribution in [1.29, 1.82) is 0 Å². The van der Waals surface area contributed by atoms with E-state index >= 15 is 0 Å². The van der Waals surface area contributed by atoms with E-state index in [1.807, 2.05) is 0 Å². The van der Waals surface area contributed by atoms with Crippen molar-refractivity contribution in [3.8, 4) is 0 Å². The van der Waals surface area contributed by atoms with Crippen LogP contribution in [0.15, 0.2) is 48.5 Å². The minimum Gasteiger partial charge on any atom is -0.466 e. The standard InChI is InChI=1S/C18H14F2O2/c1-18(20,17(21)22-2)16-5-3-4-13-14(16)9-7-11-6-8-12(19)10-15(11)13/h3-10H,1-2H3. The molecule has 1 unspecified atom stereocenters. The SMILES string of the molecule is COC(=O)C(C)(F)c1cccc2c1ccc1ccc(F)cc12. The fourth-order valence-corrected chi connectivity index (χ4v) is 2.77. The topological polar surface area (TPSA) is 26.3 Å². The number of hydrogen-bond donors (Lipinski definition) is 0. The molecule has 0 N–H and O–H groups in total. The quantitative estimate of drug-likeness (QED) is 0.515. The lowest BCUT2D eigenvalue weighted by atomic mass is 9.90. The molecule has 112 valence electrons. The van der Waals surface area contributed by atoms with Crippen molar-refractivity contribution in [1.82, 2.24) is 0 Å². The fourth-order valence-electron chi connectivity index (χ4n) is 2.77. The average molecular weight is 300 g/mol. The second-order valence-corrected chi connectivity index (χ2v) is 5.33. The molecule has 0 spiro atoms. The van der Waals surface area contributed by atoms with Gasteiger partial charge in [0.25, 0.3) is 0 Å². The monoisotopic (exact) mass is 300 g/mol. The van der Waals surface area contributed by atoms with E-state index in [9.17, 15) is 13.6 Å². The number of alkyl halides is 1. The summed E-state index contributed by atoms with van der Waals surface area (Å²) in [6, 6.07) is 13.0. The molecule has 22 heavy (non-hydrogen) atoms. The molecule has 3 rings (SSSR count). The number of rotatable bonds is 2. The molecule has 3 aromatic rings. The first-order valence-corrected chi connectivity index (χ1v) is 6.84. The molecule has 0 bridgehead atoms. The van der Waals surface area contributed by atoms with Crippen molar-refractivity contribution in [2.24, 2.45) is 0 Å². The van der Waals surface area contributed by atoms with E-state index in [1.165, 1.54) is 19.1 Å². The Kier molecular flexibility index (Phi) is 3.32. The van der Waals surface area contributed by atoms with E-state index in [2.05, 4.69) is 4.74 Å². The summed E-state index contributed by atoms with van der Waals surface area (Å²) >= 11 is 0. The number of halogens is 2. The highest BCUT2D eigenvalue weighted by molar-refractivity contribution is 6.09. The van der Waals surface area contributed by atoms with Gasteiger partial charge in [0, 0.05) is 5.56 Å². The van der Waals surface area contributed by atoms with Crippen LogP contribution in [-0.4, -0.2) is 13.1 Å². The first-order chi connectivity index (χ1) is 10.4. The van der Waals surface area contributed by atoms with Crippen molar-refractivity contribution in [3.63, 3.8) is 0 Å². The number of benzene rings is 3. The lowest BCUT2D eigenvalue weighted by Crippen LogP contribution is -2.28. The van der Waals surface area contributed by atoms with Crippen LogP contribution in [0.3, 0.4) is 0 Å². The molecule has 4 heteroatoms. The maximum Gasteiger partial charge on any atom is 0.348 e. The molecule has 0 aliphatic rings. The van der Waals surface area contributed by atoms with Crippen LogP contribution in [0.4, 0.5) is 8.78 Å². The van der Waals surface area contributed by atoms with Crippen molar-refractivity contribution < 1.29 is 18.3 Å². The van der Waals surface area contributed by atoms with Gasteiger partial charge in [-0.15, -0.1) is 0 Å². The molecular weight excluding hydrogens is 286 g/mol. The van der Waals surface area contributed by atoms with Gasteiger partial charge in [0.05, 0.1) is 7.11 Å². The maximum absolute atomic E-state index is 14.9. The van der Waals surface area contributed by atoms with Crippen LogP contribution in [0.1, 0.15) is 12.5 Å². The van der Waals surface area contributed by atoms with E-state index in [1.54, 1.807) is 36.4 Å². The number of fused-ring (bicyclic) bond motifs is 3. The van der Waals surface area contributed by atoms with Crippen molar-refractivity contribution in [3.05, 3.63) is 59.9 Å². The van der Waals surface area contributed by atoms with Crippen LogP contribution in [0, 0.1) is 5.82 Å². The predicted octanol–water partition coefficient (Wildman–Crippen LogP) is 4.49. The van der Waals surface area contributed by atoms with Gasteiger partial charge in [-0.25, -0.2) is 13.6 Å². The van der Waals surface area contributed by atoms with Gasteiger partial charge >= 0.3 is 5.97 Å². The number of ether oxygens (including phenoxy) is 1. The largest absolute Gasteiger partial charge is 0.466 e. The Morgan fingerprint density at radius 3 is 2.50 bits per heavy atom. The molecule has 0 fully saturated rings. The van der Waals surface area contributed by atoms with Gasteiger partial charge in [0.1, 0.15) is 5.82 Å². The molecule has 2 nitrogen and oxygen atoms in total. The third-order valence-electron chi connectivity index (χ3n) is 3.92. The zero-order chi connectivity index (χ0) is 15.9. The lowest BCUT2D eigenvalue weighted by Gasteiger charge is -2.20. The van der Waals surface area contributed by atoms with Gasteiger partial charge in [-0.3, -0.25) is 0 Å². The summed E-state index contributed by atoms with van der Waals surface area (Å²) in [6.45, 7) is 1.17. The number of hydrogen-bond acceptors (Lipinski definition) is 2. The normalized spacial score (nSPS) is 14.0. The highest BCUT2D eigenvalue weighted by atomic mass is 19.1. The minimum absolute atomic E-state index is 0.211. The van der Waals surface area contributed by atoms with E-state index in [4.69, 9.17) is 0 Å². The Morgan fingerprint density at radius 1 is 1.05 bits per heavy atom. The average Bonchev–Trinajstić information content (AvgIpc) is 2.53. The Balaban J connectivity index is 2.37. The molecule has 0 radical (unpaired) electrons. The highest BCUT2D eigenvalue weighted by Crippen LogP contribution is 2.36. The Morgan fingerprint density at radius 2 is 1.77 bits per heavy atom. The zero-order valence-corrected chi connectivity index (χ0v) is 12.2. The van der Waals surface area contributed by atoms with E-state index in [0.29, 0.717) is 16.2 Å². The van der Waals surface area contributed by atoms with Crippen LogP contribution in [-0.2, 0) is 15.2 Å². The molecule has 0 aliphatic heterocycles.